The average molecular weight is 399 g/mol. The molecule has 0 radical (unpaired) electrons. The molecule has 0 saturated carbocycles. The molecular formula is C19H21N5O5. The largest absolute Gasteiger partial charge is 0.383 e. The second kappa shape index (κ2) is 8.33. The Balaban J connectivity index is 1.99. The van der Waals surface area contributed by atoms with Gasteiger partial charge in [0.1, 0.15) is 11.3 Å². The van der Waals surface area contributed by atoms with Crippen molar-refractivity contribution in [2.24, 2.45) is 5.10 Å². The molecule has 2 N–H and O–H groups in total. The summed E-state index contributed by atoms with van der Waals surface area (Å²) in [5, 5.41) is 37.8. The van der Waals surface area contributed by atoms with Crippen LogP contribution in [0.2, 0.25) is 0 Å². The maximum Gasteiger partial charge on any atom is 0.301 e. The summed E-state index contributed by atoms with van der Waals surface area (Å²) in [5.74, 6) is 0. The van der Waals surface area contributed by atoms with Gasteiger partial charge in [-0.3, -0.25) is 25.7 Å². The maximum absolute atomic E-state index is 11.4. The van der Waals surface area contributed by atoms with Crippen molar-refractivity contribution >= 4 is 22.8 Å². The molecule has 10 nitrogen and oxygen atoms in total. The highest BCUT2D eigenvalue weighted by Crippen LogP contribution is 2.31. The van der Waals surface area contributed by atoms with E-state index in [1.807, 2.05) is 25.2 Å². The fourth-order valence-electron chi connectivity index (χ4n) is 3.25. The Morgan fingerprint density at radius 2 is 1.76 bits per heavy atom. The summed E-state index contributed by atoms with van der Waals surface area (Å²) in [6.45, 7) is 1.36. The number of aliphatic hydroxyl groups is 1. The van der Waals surface area contributed by atoms with Crippen LogP contribution in [0, 0.1) is 20.2 Å². The first-order valence-corrected chi connectivity index (χ1v) is 9.03. The van der Waals surface area contributed by atoms with E-state index in [9.17, 15) is 25.3 Å². The van der Waals surface area contributed by atoms with E-state index in [0.717, 1.165) is 12.1 Å². The first-order valence-electron chi connectivity index (χ1n) is 9.03. The van der Waals surface area contributed by atoms with Crippen LogP contribution in [0.25, 0.3) is 0 Å². The molecule has 29 heavy (non-hydrogen) atoms. The minimum Gasteiger partial charge on any atom is -0.383 e. The Labute approximate surface area is 166 Å². The molecule has 0 unspecified atom stereocenters. The molecule has 0 atom stereocenters. The van der Waals surface area contributed by atoms with Crippen LogP contribution in [-0.2, 0) is 0 Å². The molecular weight excluding hydrogens is 378 g/mol. The number of non-ortho nitro benzene ring substituents is 1. The van der Waals surface area contributed by atoms with Gasteiger partial charge in [-0.05, 0) is 26.0 Å². The third-order valence-corrected chi connectivity index (χ3v) is 4.98. The van der Waals surface area contributed by atoms with Crippen molar-refractivity contribution in [3.05, 3.63) is 74.3 Å². The number of nitrogens with zero attached hydrogens (tertiary/aromatic N) is 4. The van der Waals surface area contributed by atoms with Crippen LogP contribution >= 0.6 is 0 Å². The van der Waals surface area contributed by atoms with Crippen molar-refractivity contribution in [3.63, 3.8) is 0 Å². The summed E-state index contributed by atoms with van der Waals surface area (Å²) in [5.41, 5.74) is 1.66. The van der Waals surface area contributed by atoms with E-state index < -0.39 is 21.1 Å². The third kappa shape index (κ3) is 4.55. The van der Waals surface area contributed by atoms with Gasteiger partial charge in [-0.25, -0.2) is 0 Å². The lowest BCUT2D eigenvalue weighted by atomic mass is 9.83. The molecule has 0 aliphatic carbocycles. The smallest absolute Gasteiger partial charge is 0.301 e. The van der Waals surface area contributed by atoms with Crippen LogP contribution < -0.4 is 5.43 Å². The van der Waals surface area contributed by atoms with E-state index in [0.29, 0.717) is 37.2 Å². The molecule has 0 amide bonds. The number of nitro benzene ring substituents is 2. The van der Waals surface area contributed by atoms with Crippen LogP contribution in [-0.4, -0.2) is 51.3 Å². The van der Waals surface area contributed by atoms with Crippen molar-refractivity contribution in [1.29, 1.82) is 0 Å². The minimum atomic E-state index is -1.20. The lowest BCUT2D eigenvalue weighted by Crippen LogP contribution is -2.49. The van der Waals surface area contributed by atoms with Crippen molar-refractivity contribution < 1.29 is 15.0 Å². The van der Waals surface area contributed by atoms with Gasteiger partial charge in [0.25, 0.3) is 5.69 Å². The van der Waals surface area contributed by atoms with Gasteiger partial charge in [-0.2, -0.15) is 5.10 Å². The van der Waals surface area contributed by atoms with Gasteiger partial charge in [0.15, 0.2) is 0 Å². The topological polar surface area (TPSA) is 134 Å². The molecule has 152 valence electrons. The number of benzene rings is 2. The standard InChI is InChI=1S/C19H21N5O5/c1-22-11-9-19(25,10-12-22)18(14-5-3-2-4-6-14)21-20-16-8-7-15(23(26)27)13-17(16)24(28)29/h2-8,13,20,25H,9-12H2,1H3/b21-18+. The summed E-state index contributed by atoms with van der Waals surface area (Å²) in [6.07, 6.45) is 0.919. The van der Waals surface area contributed by atoms with Crippen LogP contribution in [0.15, 0.2) is 53.6 Å². The Kier molecular flexibility index (Phi) is 5.85. The number of likely N-dealkylation sites (tertiary alicyclic amines) is 1. The fourth-order valence-corrected chi connectivity index (χ4v) is 3.25. The second-order valence-corrected chi connectivity index (χ2v) is 6.99. The molecule has 0 bridgehead atoms. The number of anilines is 1. The van der Waals surface area contributed by atoms with Crippen LogP contribution in [0.1, 0.15) is 18.4 Å². The Morgan fingerprint density at radius 1 is 1.10 bits per heavy atom. The number of hydrogen-bond donors (Lipinski definition) is 2. The molecule has 2 aromatic rings. The Bertz CT molecular complexity index is 939. The van der Waals surface area contributed by atoms with E-state index in [4.69, 9.17) is 0 Å². The second-order valence-electron chi connectivity index (χ2n) is 6.99. The van der Waals surface area contributed by atoms with E-state index >= 15 is 0 Å². The summed E-state index contributed by atoms with van der Waals surface area (Å²) in [7, 11) is 1.97. The van der Waals surface area contributed by atoms with Gasteiger partial charge in [0.2, 0.25) is 0 Å². The van der Waals surface area contributed by atoms with Gasteiger partial charge in [-0.1, -0.05) is 30.3 Å². The van der Waals surface area contributed by atoms with Crippen molar-refractivity contribution in [2.45, 2.75) is 18.4 Å². The number of rotatable bonds is 6. The number of hydrazone groups is 1. The molecule has 2 aromatic carbocycles. The SMILES string of the molecule is CN1CCC(O)(/C(=N/Nc2ccc([N+](=O)[O-])cc2[N+](=O)[O-])c2ccccc2)CC1. The predicted molar refractivity (Wildman–Crippen MR) is 108 cm³/mol. The van der Waals surface area contributed by atoms with E-state index in [-0.39, 0.29) is 11.4 Å². The molecule has 3 rings (SSSR count). The zero-order chi connectivity index (χ0) is 21.0. The lowest BCUT2D eigenvalue weighted by Gasteiger charge is -2.37. The number of hydrogen-bond acceptors (Lipinski definition) is 8. The zero-order valence-corrected chi connectivity index (χ0v) is 15.8. The number of nitro groups is 2. The maximum atomic E-state index is 11.4. The minimum absolute atomic E-state index is 0.00515. The van der Waals surface area contributed by atoms with Gasteiger partial charge >= 0.3 is 5.69 Å². The van der Waals surface area contributed by atoms with Crippen LogP contribution in [0.4, 0.5) is 17.1 Å². The summed E-state index contributed by atoms with van der Waals surface area (Å²) < 4.78 is 0. The molecule has 1 aliphatic rings. The van der Waals surface area contributed by atoms with E-state index in [2.05, 4.69) is 15.4 Å². The average Bonchev–Trinajstić information content (AvgIpc) is 2.71. The van der Waals surface area contributed by atoms with Crippen molar-refractivity contribution in [2.75, 3.05) is 25.6 Å². The highest BCUT2D eigenvalue weighted by Gasteiger charge is 2.37. The van der Waals surface area contributed by atoms with Gasteiger partial charge in [-0.15, -0.1) is 0 Å². The fraction of sp³-hybridized carbons (Fsp3) is 0.316. The molecule has 0 aromatic heterocycles. The van der Waals surface area contributed by atoms with Crippen molar-refractivity contribution in [3.8, 4) is 0 Å². The summed E-state index contributed by atoms with van der Waals surface area (Å²) in [6, 6.07) is 12.4. The lowest BCUT2D eigenvalue weighted by molar-refractivity contribution is -0.393. The Morgan fingerprint density at radius 3 is 2.34 bits per heavy atom. The number of nitrogens with one attached hydrogen (secondary N) is 1. The molecule has 1 aliphatic heterocycles. The monoisotopic (exact) mass is 399 g/mol. The molecule has 0 spiro atoms. The van der Waals surface area contributed by atoms with Crippen molar-refractivity contribution in [1.82, 2.24) is 4.90 Å². The van der Waals surface area contributed by atoms with Gasteiger partial charge < -0.3 is 10.0 Å². The van der Waals surface area contributed by atoms with Gasteiger partial charge in [0, 0.05) is 24.7 Å². The highest BCUT2D eigenvalue weighted by atomic mass is 16.6. The van der Waals surface area contributed by atoms with E-state index in [1.54, 1.807) is 12.1 Å². The highest BCUT2D eigenvalue weighted by molar-refractivity contribution is 6.07. The number of piperidine rings is 1. The molecule has 1 heterocycles. The predicted octanol–water partition coefficient (Wildman–Crippen LogP) is 2.78. The Hall–Kier alpha value is -3.37. The van der Waals surface area contributed by atoms with E-state index in [1.165, 1.54) is 6.07 Å². The molecule has 10 heteroatoms. The van der Waals surface area contributed by atoms with Crippen LogP contribution in [0.5, 0.6) is 0 Å². The third-order valence-electron chi connectivity index (χ3n) is 4.98. The van der Waals surface area contributed by atoms with Crippen LogP contribution in [0.3, 0.4) is 0 Å². The summed E-state index contributed by atoms with van der Waals surface area (Å²) in [4.78, 5) is 23.0. The molecule has 1 fully saturated rings. The first-order chi connectivity index (χ1) is 13.8. The first kappa shape index (κ1) is 20.4. The van der Waals surface area contributed by atoms with Gasteiger partial charge in [0.05, 0.1) is 21.6 Å². The molecule has 1 saturated heterocycles. The quantitative estimate of drug-likeness (QED) is 0.433. The normalized spacial score (nSPS) is 17.0. The zero-order valence-electron chi connectivity index (χ0n) is 15.8. The summed E-state index contributed by atoms with van der Waals surface area (Å²) >= 11 is 0.